The molecule has 9 heteroatoms. The van der Waals surface area contributed by atoms with Gasteiger partial charge in [0, 0.05) is 16.6 Å². The number of nitrogens with one attached hydrogen (secondary N) is 1. The molecule has 1 amide bonds. The highest BCUT2D eigenvalue weighted by Gasteiger charge is 2.12. The summed E-state index contributed by atoms with van der Waals surface area (Å²) in [6, 6.07) is 11.9. The van der Waals surface area contributed by atoms with E-state index in [1.54, 1.807) is 6.07 Å². The van der Waals surface area contributed by atoms with Crippen molar-refractivity contribution in [3.05, 3.63) is 57.1 Å². The number of halogens is 1. The molecule has 0 radical (unpaired) electrons. The Morgan fingerprint density at radius 2 is 2.12 bits per heavy atom. The van der Waals surface area contributed by atoms with Crippen molar-refractivity contribution in [2.45, 2.75) is 4.34 Å². The number of hydrogen-bond donors (Lipinski definition) is 1. The van der Waals surface area contributed by atoms with Gasteiger partial charge in [0.25, 0.3) is 5.69 Å². The van der Waals surface area contributed by atoms with Crippen molar-refractivity contribution in [2.75, 3.05) is 11.1 Å². The van der Waals surface area contributed by atoms with Crippen molar-refractivity contribution in [3.63, 3.8) is 0 Å². The number of anilines is 1. The molecule has 0 saturated carbocycles. The van der Waals surface area contributed by atoms with E-state index in [-0.39, 0.29) is 17.3 Å². The van der Waals surface area contributed by atoms with Gasteiger partial charge in [-0.2, -0.15) is 0 Å². The predicted molar refractivity (Wildman–Crippen MR) is 99.8 cm³/mol. The SMILES string of the molecule is O=C(CSc1nc2ccc([N+](=O)[O-])cc2s1)Nc1ccccc1Br. The number of nitro benzene ring substituents is 1. The summed E-state index contributed by atoms with van der Waals surface area (Å²) in [5, 5.41) is 13.6. The molecule has 1 aromatic heterocycles. The van der Waals surface area contributed by atoms with Crippen LogP contribution in [0.5, 0.6) is 0 Å². The fourth-order valence-electron chi connectivity index (χ4n) is 1.94. The van der Waals surface area contributed by atoms with E-state index < -0.39 is 4.92 Å². The van der Waals surface area contributed by atoms with Crippen LogP contribution in [0.25, 0.3) is 10.2 Å². The molecule has 0 spiro atoms. The Hall–Kier alpha value is -1.97. The van der Waals surface area contributed by atoms with E-state index >= 15 is 0 Å². The van der Waals surface area contributed by atoms with Gasteiger partial charge >= 0.3 is 0 Å². The predicted octanol–water partition coefficient (Wildman–Crippen LogP) is 4.70. The van der Waals surface area contributed by atoms with Gasteiger partial charge in [-0.05, 0) is 34.1 Å². The minimum atomic E-state index is -0.433. The van der Waals surface area contributed by atoms with Crippen LogP contribution in [0, 0.1) is 10.1 Å². The summed E-state index contributed by atoms with van der Waals surface area (Å²) >= 11 is 6.02. The number of fused-ring (bicyclic) bond motifs is 1. The maximum Gasteiger partial charge on any atom is 0.270 e. The van der Waals surface area contributed by atoms with E-state index in [4.69, 9.17) is 0 Å². The summed E-state index contributed by atoms with van der Waals surface area (Å²) in [4.78, 5) is 26.8. The Balaban J connectivity index is 1.66. The van der Waals surface area contributed by atoms with E-state index in [1.165, 1.54) is 35.2 Å². The number of carbonyl (C=O) groups is 1. The van der Waals surface area contributed by atoms with Gasteiger partial charge in [-0.3, -0.25) is 14.9 Å². The lowest BCUT2D eigenvalue weighted by atomic mass is 10.3. The average molecular weight is 424 g/mol. The van der Waals surface area contributed by atoms with E-state index in [9.17, 15) is 14.9 Å². The number of hydrogen-bond acceptors (Lipinski definition) is 6. The number of nitro groups is 1. The molecule has 0 fully saturated rings. The Morgan fingerprint density at radius 3 is 2.88 bits per heavy atom. The largest absolute Gasteiger partial charge is 0.324 e. The summed E-state index contributed by atoms with van der Waals surface area (Å²) in [7, 11) is 0. The van der Waals surface area contributed by atoms with Gasteiger partial charge in [-0.1, -0.05) is 23.9 Å². The molecule has 0 saturated heterocycles. The number of carbonyl (C=O) groups excluding carboxylic acids is 1. The first-order chi connectivity index (χ1) is 11.5. The van der Waals surface area contributed by atoms with Crippen LogP contribution in [0.1, 0.15) is 0 Å². The van der Waals surface area contributed by atoms with Gasteiger partial charge in [-0.25, -0.2) is 4.98 Å². The van der Waals surface area contributed by atoms with Crippen LogP contribution >= 0.6 is 39.0 Å². The van der Waals surface area contributed by atoms with Gasteiger partial charge in [0.2, 0.25) is 5.91 Å². The first-order valence-corrected chi connectivity index (χ1v) is 9.34. The summed E-state index contributed by atoms with van der Waals surface area (Å²) in [6.07, 6.45) is 0. The number of thioether (sulfide) groups is 1. The molecule has 0 unspecified atom stereocenters. The van der Waals surface area contributed by atoms with Crippen LogP contribution in [-0.4, -0.2) is 21.6 Å². The van der Waals surface area contributed by atoms with Crippen molar-refractivity contribution < 1.29 is 9.72 Å². The molecule has 3 rings (SSSR count). The summed E-state index contributed by atoms with van der Waals surface area (Å²) in [5.74, 6) is 0.0700. The fraction of sp³-hybridized carbons (Fsp3) is 0.0667. The van der Waals surface area contributed by atoms with Crippen molar-refractivity contribution in [1.29, 1.82) is 0 Å². The van der Waals surface area contributed by atoms with E-state index in [0.29, 0.717) is 15.5 Å². The molecule has 3 aromatic rings. The molecule has 1 heterocycles. The lowest BCUT2D eigenvalue weighted by Crippen LogP contribution is -2.14. The zero-order valence-electron chi connectivity index (χ0n) is 12.1. The van der Waals surface area contributed by atoms with Crippen molar-refractivity contribution in [1.82, 2.24) is 4.98 Å². The quantitative estimate of drug-likeness (QED) is 0.365. The molecule has 0 atom stereocenters. The number of thiazole rings is 1. The van der Waals surface area contributed by atoms with E-state index in [2.05, 4.69) is 26.2 Å². The number of non-ortho nitro benzene ring substituents is 1. The Labute approximate surface area is 153 Å². The zero-order chi connectivity index (χ0) is 17.1. The number of aromatic nitrogens is 1. The standard InChI is InChI=1S/C15H10BrN3O3S2/c16-10-3-1-2-4-11(10)17-14(20)8-23-15-18-12-6-5-9(19(21)22)7-13(12)24-15/h1-7H,8H2,(H,17,20). The second-order valence-corrected chi connectivity index (χ2v) is 7.81. The second kappa shape index (κ2) is 7.29. The fourth-order valence-corrected chi connectivity index (χ4v) is 4.23. The maximum absolute atomic E-state index is 12.0. The van der Waals surface area contributed by atoms with Crippen molar-refractivity contribution in [2.24, 2.45) is 0 Å². The molecule has 24 heavy (non-hydrogen) atoms. The van der Waals surface area contributed by atoms with Gasteiger partial charge in [0.15, 0.2) is 4.34 Å². The van der Waals surface area contributed by atoms with E-state index in [1.807, 2.05) is 24.3 Å². The first-order valence-electron chi connectivity index (χ1n) is 6.75. The van der Waals surface area contributed by atoms with Crippen LogP contribution in [0.2, 0.25) is 0 Å². The summed E-state index contributed by atoms with van der Waals surface area (Å²) in [5.41, 5.74) is 1.44. The molecule has 0 aliphatic carbocycles. The molecule has 0 aliphatic heterocycles. The zero-order valence-corrected chi connectivity index (χ0v) is 15.3. The Bertz CT molecular complexity index is 929. The van der Waals surface area contributed by atoms with Crippen molar-refractivity contribution >= 4 is 66.5 Å². The van der Waals surface area contributed by atoms with Crippen LogP contribution < -0.4 is 5.32 Å². The molecular weight excluding hydrogens is 414 g/mol. The third-order valence-electron chi connectivity index (χ3n) is 3.04. The maximum atomic E-state index is 12.0. The number of amides is 1. The molecule has 0 aliphatic rings. The number of para-hydroxylation sites is 1. The average Bonchev–Trinajstić information content (AvgIpc) is 2.97. The van der Waals surface area contributed by atoms with Crippen LogP contribution in [0.3, 0.4) is 0 Å². The van der Waals surface area contributed by atoms with Gasteiger partial charge < -0.3 is 5.32 Å². The lowest BCUT2D eigenvalue weighted by molar-refractivity contribution is -0.384. The van der Waals surface area contributed by atoms with E-state index in [0.717, 1.165) is 9.17 Å². The smallest absolute Gasteiger partial charge is 0.270 e. The van der Waals surface area contributed by atoms with Crippen LogP contribution in [0.15, 0.2) is 51.3 Å². The topological polar surface area (TPSA) is 85.1 Å². The van der Waals surface area contributed by atoms with Crippen LogP contribution in [-0.2, 0) is 4.79 Å². The first kappa shape index (κ1) is 16.9. The number of nitrogens with zero attached hydrogens (tertiary/aromatic N) is 2. The Morgan fingerprint density at radius 1 is 1.33 bits per heavy atom. The Kier molecular flexibility index (Phi) is 5.12. The molecule has 6 nitrogen and oxygen atoms in total. The molecule has 122 valence electrons. The molecule has 0 bridgehead atoms. The second-order valence-electron chi connectivity index (χ2n) is 4.71. The van der Waals surface area contributed by atoms with Crippen molar-refractivity contribution in [3.8, 4) is 0 Å². The van der Waals surface area contributed by atoms with Gasteiger partial charge in [-0.15, -0.1) is 11.3 Å². The highest BCUT2D eigenvalue weighted by atomic mass is 79.9. The molecular formula is C15H10BrN3O3S2. The third kappa shape index (κ3) is 3.92. The molecule has 1 N–H and O–H groups in total. The van der Waals surface area contributed by atoms with Gasteiger partial charge in [0.1, 0.15) is 0 Å². The summed E-state index contributed by atoms with van der Waals surface area (Å²) in [6.45, 7) is 0. The third-order valence-corrected chi connectivity index (χ3v) is 5.89. The summed E-state index contributed by atoms with van der Waals surface area (Å²) < 4.78 is 2.25. The number of rotatable bonds is 5. The van der Waals surface area contributed by atoms with Crippen LogP contribution in [0.4, 0.5) is 11.4 Å². The monoisotopic (exact) mass is 423 g/mol. The highest BCUT2D eigenvalue weighted by Crippen LogP contribution is 2.32. The minimum Gasteiger partial charge on any atom is -0.324 e. The lowest BCUT2D eigenvalue weighted by Gasteiger charge is -2.05. The minimum absolute atomic E-state index is 0.0365. The molecule has 2 aromatic carbocycles. The number of benzene rings is 2. The highest BCUT2D eigenvalue weighted by molar-refractivity contribution is 9.10. The normalized spacial score (nSPS) is 10.7. The van der Waals surface area contributed by atoms with Gasteiger partial charge in [0.05, 0.1) is 26.6 Å².